The molecule has 0 radical (unpaired) electrons. The Morgan fingerprint density at radius 1 is 1.05 bits per heavy atom. The van der Waals surface area contributed by atoms with Crippen LogP contribution < -0.4 is 0 Å². The van der Waals surface area contributed by atoms with E-state index in [1.54, 1.807) is 11.8 Å². The first-order valence-electron chi connectivity index (χ1n) is 6.49. The topological polar surface area (TPSA) is 38.9 Å². The summed E-state index contributed by atoms with van der Waals surface area (Å²) in [6.07, 6.45) is 0. The van der Waals surface area contributed by atoms with Crippen molar-refractivity contribution in [3.63, 3.8) is 0 Å². The van der Waals surface area contributed by atoms with Gasteiger partial charge in [0.1, 0.15) is 0 Å². The van der Waals surface area contributed by atoms with Crippen molar-refractivity contribution in [3.05, 3.63) is 65.0 Å². The highest BCUT2D eigenvalue weighted by molar-refractivity contribution is 7.98. The molecule has 2 aromatic carbocycles. The van der Waals surface area contributed by atoms with Crippen LogP contribution in [0.25, 0.3) is 11.5 Å². The number of rotatable bonds is 4. The minimum Gasteiger partial charge on any atom is -0.420 e. The van der Waals surface area contributed by atoms with Crippen LogP contribution in [-0.2, 0) is 5.75 Å². The molecule has 0 spiro atoms. The van der Waals surface area contributed by atoms with Gasteiger partial charge < -0.3 is 4.42 Å². The maximum Gasteiger partial charge on any atom is 0.249 e. The maximum atomic E-state index is 6.12. The number of halogens is 1. The van der Waals surface area contributed by atoms with Crippen LogP contribution in [0.1, 0.15) is 11.5 Å². The number of aryl methyl sites for hydroxylation is 1. The molecule has 3 nitrogen and oxygen atoms in total. The van der Waals surface area contributed by atoms with Crippen molar-refractivity contribution in [3.8, 4) is 11.5 Å². The standard InChI is InChI=1S/C16H13ClN2OS/c1-11-6-8-12(9-7-11)21-10-15-18-19-16(20-15)13-4-2-3-5-14(13)17/h2-9H,10H2,1H3. The van der Waals surface area contributed by atoms with Gasteiger partial charge in [0.15, 0.2) is 0 Å². The van der Waals surface area contributed by atoms with Crippen LogP contribution in [0.5, 0.6) is 0 Å². The molecule has 0 bridgehead atoms. The highest BCUT2D eigenvalue weighted by Gasteiger charge is 2.11. The van der Waals surface area contributed by atoms with E-state index in [2.05, 4.69) is 41.4 Å². The Balaban J connectivity index is 1.71. The SMILES string of the molecule is Cc1ccc(SCc2nnc(-c3ccccc3Cl)o2)cc1. The summed E-state index contributed by atoms with van der Waals surface area (Å²) >= 11 is 7.79. The molecule has 0 atom stereocenters. The second kappa shape index (κ2) is 6.33. The Morgan fingerprint density at radius 2 is 1.81 bits per heavy atom. The fourth-order valence-corrected chi connectivity index (χ4v) is 2.79. The predicted octanol–water partition coefficient (Wildman–Crippen LogP) is 4.99. The molecular formula is C16H13ClN2OS. The predicted molar refractivity (Wildman–Crippen MR) is 85.5 cm³/mol. The van der Waals surface area contributed by atoms with Crippen molar-refractivity contribution in [1.29, 1.82) is 0 Å². The van der Waals surface area contributed by atoms with Crippen molar-refractivity contribution in [2.75, 3.05) is 0 Å². The molecule has 106 valence electrons. The number of thioether (sulfide) groups is 1. The van der Waals surface area contributed by atoms with Gasteiger partial charge in [0, 0.05) is 4.90 Å². The molecule has 0 aliphatic heterocycles. The summed E-state index contributed by atoms with van der Waals surface area (Å²) in [6.45, 7) is 2.07. The summed E-state index contributed by atoms with van der Waals surface area (Å²) < 4.78 is 5.67. The molecule has 0 amide bonds. The van der Waals surface area contributed by atoms with Crippen molar-refractivity contribution in [2.45, 2.75) is 17.6 Å². The van der Waals surface area contributed by atoms with E-state index in [4.69, 9.17) is 16.0 Å². The average molecular weight is 317 g/mol. The fourth-order valence-electron chi connectivity index (χ4n) is 1.83. The summed E-state index contributed by atoms with van der Waals surface area (Å²) in [4.78, 5) is 1.18. The molecule has 3 aromatic rings. The van der Waals surface area contributed by atoms with Gasteiger partial charge in [0.05, 0.1) is 16.3 Å². The summed E-state index contributed by atoms with van der Waals surface area (Å²) in [5.74, 6) is 1.69. The smallest absolute Gasteiger partial charge is 0.249 e. The molecule has 0 aliphatic rings. The van der Waals surface area contributed by atoms with Gasteiger partial charge in [-0.15, -0.1) is 22.0 Å². The van der Waals surface area contributed by atoms with Gasteiger partial charge >= 0.3 is 0 Å². The Kier molecular flexibility index (Phi) is 4.27. The van der Waals surface area contributed by atoms with Gasteiger partial charge in [0.2, 0.25) is 11.8 Å². The lowest BCUT2D eigenvalue weighted by atomic mass is 10.2. The van der Waals surface area contributed by atoms with Crippen LogP contribution in [0.3, 0.4) is 0 Å². The third-order valence-corrected chi connectivity index (χ3v) is 4.28. The Hall–Kier alpha value is -1.78. The molecule has 1 heterocycles. The zero-order valence-corrected chi connectivity index (χ0v) is 13.0. The van der Waals surface area contributed by atoms with Crippen LogP contribution in [-0.4, -0.2) is 10.2 Å². The van der Waals surface area contributed by atoms with Crippen molar-refractivity contribution < 1.29 is 4.42 Å². The third kappa shape index (κ3) is 3.46. The van der Waals surface area contributed by atoms with Crippen LogP contribution in [0.15, 0.2) is 57.8 Å². The van der Waals surface area contributed by atoms with E-state index in [0.29, 0.717) is 22.6 Å². The van der Waals surface area contributed by atoms with Crippen molar-refractivity contribution in [2.24, 2.45) is 0 Å². The molecule has 0 fully saturated rings. The summed E-state index contributed by atoms with van der Waals surface area (Å²) in [5.41, 5.74) is 2.01. The monoisotopic (exact) mass is 316 g/mol. The van der Waals surface area contributed by atoms with E-state index < -0.39 is 0 Å². The van der Waals surface area contributed by atoms with Gasteiger partial charge in [-0.05, 0) is 31.2 Å². The van der Waals surface area contributed by atoms with Crippen LogP contribution in [0.2, 0.25) is 5.02 Å². The molecule has 0 saturated carbocycles. The number of hydrogen-bond donors (Lipinski definition) is 0. The largest absolute Gasteiger partial charge is 0.420 e. The minimum absolute atomic E-state index is 0.458. The minimum atomic E-state index is 0.458. The second-order valence-electron chi connectivity index (χ2n) is 4.58. The highest BCUT2D eigenvalue weighted by atomic mass is 35.5. The fraction of sp³-hybridized carbons (Fsp3) is 0.125. The highest BCUT2D eigenvalue weighted by Crippen LogP contribution is 2.28. The third-order valence-electron chi connectivity index (χ3n) is 2.95. The number of benzene rings is 2. The normalized spacial score (nSPS) is 10.8. The number of nitrogens with zero attached hydrogens (tertiary/aromatic N) is 2. The van der Waals surface area contributed by atoms with E-state index in [9.17, 15) is 0 Å². The molecule has 0 aliphatic carbocycles. The molecule has 0 unspecified atom stereocenters. The lowest BCUT2D eigenvalue weighted by molar-refractivity contribution is 0.528. The summed E-state index contributed by atoms with van der Waals surface area (Å²) in [7, 11) is 0. The number of aromatic nitrogens is 2. The molecule has 21 heavy (non-hydrogen) atoms. The van der Waals surface area contributed by atoms with Crippen LogP contribution >= 0.6 is 23.4 Å². The van der Waals surface area contributed by atoms with Crippen LogP contribution in [0, 0.1) is 6.92 Å². The second-order valence-corrected chi connectivity index (χ2v) is 6.04. The molecule has 0 N–H and O–H groups in total. The van der Waals surface area contributed by atoms with E-state index in [0.717, 1.165) is 5.56 Å². The lowest BCUT2D eigenvalue weighted by Gasteiger charge is -1.99. The molecular weight excluding hydrogens is 304 g/mol. The van der Waals surface area contributed by atoms with E-state index in [1.807, 2.05) is 24.3 Å². The molecule has 3 rings (SSSR count). The van der Waals surface area contributed by atoms with Gasteiger partial charge in [0.25, 0.3) is 0 Å². The van der Waals surface area contributed by atoms with Crippen LogP contribution in [0.4, 0.5) is 0 Å². The molecule has 1 aromatic heterocycles. The van der Waals surface area contributed by atoms with E-state index >= 15 is 0 Å². The lowest BCUT2D eigenvalue weighted by Crippen LogP contribution is -1.80. The number of hydrogen-bond acceptors (Lipinski definition) is 4. The van der Waals surface area contributed by atoms with Crippen molar-refractivity contribution in [1.82, 2.24) is 10.2 Å². The summed E-state index contributed by atoms with van der Waals surface area (Å²) in [6, 6.07) is 15.8. The van der Waals surface area contributed by atoms with Gasteiger partial charge in [-0.2, -0.15) is 0 Å². The zero-order chi connectivity index (χ0) is 14.7. The Morgan fingerprint density at radius 3 is 2.57 bits per heavy atom. The Bertz CT molecular complexity index is 740. The first kappa shape index (κ1) is 14.2. The van der Waals surface area contributed by atoms with E-state index in [1.165, 1.54) is 10.5 Å². The van der Waals surface area contributed by atoms with E-state index in [-0.39, 0.29) is 0 Å². The quantitative estimate of drug-likeness (QED) is 0.636. The van der Waals surface area contributed by atoms with Gasteiger partial charge in [-0.3, -0.25) is 0 Å². The molecule has 5 heteroatoms. The first-order chi connectivity index (χ1) is 10.2. The summed E-state index contributed by atoms with van der Waals surface area (Å²) in [5, 5.41) is 8.74. The molecule has 0 saturated heterocycles. The van der Waals surface area contributed by atoms with Gasteiger partial charge in [-0.25, -0.2) is 0 Å². The maximum absolute atomic E-state index is 6.12. The van der Waals surface area contributed by atoms with Gasteiger partial charge in [-0.1, -0.05) is 41.4 Å². The average Bonchev–Trinajstić information content (AvgIpc) is 2.96. The van der Waals surface area contributed by atoms with Crippen molar-refractivity contribution >= 4 is 23.4 Å². The Labute approximate surface area is 132 Å². The zero-order valence-electron chi connectivity index (χ0n) is 11.4. The first-order valence-corrected chi connectivity index (χ1v) is 7.85.